The van der Waals surface area contributed by atoms with Crippen molar-refractivity contribution in [2.45, 2.75) is 20.0 Å². The molecular formula is C21H16F3N7O2. The third kappa shape index (κ3) is 4.35. The van der Waals surface area contributed by atoms with E-state index < -0.39 is 28.8 Å². The molecule has 4 rings (SSSR count). The molecule has 2 heterocycles. The lowest BCUT2D eigenvalue weighted by atomic mass is 10.1. The summed E-state index contributed by atoms with van der Waals surface area (Å²) in [5, 5.41) is 17.7. The summed E-state index contributed by atoms with van der Waals surface area (Å²) in [6.07, 6.45) is -4.65. The maximum atomic E-state index is 13.5. The van der Waals surface area contributed by atoms with E-state index in [0.717, 1.165) is 16.8 Å². The van der Waals surface area contributed by atoms with Gasteiger partial charge in [-0.3, -0.25) is 9.59 Å². The van der Waals surface area contributed by atoms with Gasteiger partial charge >= 0.3 is 6.18 Å². The fourth-order valence-corrected chi connectivity index (χ4v) is 3.22. The van der Waals surface area contributed by atoms with Gasteiger partial charge in [-0.1, -0.05) is 18.2 Å². The van der Waals surface area contributed by atoms with Crippen LogP contribution < -0.4 is 10.7 Å². The first-order chi connectivity index (χ1) is 15.6. The SMILES string of the molecule is Cc1cc(=O)c(C(=O)Nc2cccc(-n3nnnc3C)c2)nn1-c1ccccc1C(F)(F)F. The van der Waals surface area contributed by atoms with Crippen LogP contribution in [0.25, 0.3) is 11.4 Å². The topological polar surface area (TPSA) is 108 Å². The van der Waals surface area contributed by atoms with Gasteiger partial charge in [-0.25, -0.2) is 4.68 Å². The van der Waals surface area contributed by atoms with Gasteiger partial charge in [0.1, 0.15) is 0 Å². The highest BCUT2D eigenvalue weighted by atomic mass is 19.4. The average molecular weight is 455 g/mol. The maximum Gasteiger partial charge on any atom is 0.418 e. The number of rotatable bonds is 4. The summed E-state index contributed by atoms with van der Waals surface area (Å²) in [6, 6.07) is 12.4. The first-order valence-electron chi connectivity index (χ1n) is 9.59. The lowest BCUT2D eigenvalue weighted by Gasteiger charge is -2.16. The number of hydrogen-bond acceptors (Lipinski definition) is 6. The first-order valence-corrected chi connectivity index (χ1v) is 9.59. The second-order valence-electron chi connectivity index (χ2n) is 7.07. The molecule has 33 heavy (non-hydrogen) atoms. The van der Waals surface area contributed by atoms with Crippen molar-refractivity contribution in [2.24, 2.45) is 0 Å². The van der Waals surface area contributed by atoms with Gasteiger partial charge in [-0.15, -0.1) is 5.10 Å². The van der Waals surface area contributed by atoms with Crippen LogP contribution in [0.1, 0.15) is 27.6 Å². The molecule has 168 valence electrons. The Morgan fingerprint density at radius 3 is 2.45 bits per heavy atom. The number of nitrogens with zero attached hydrogens (tertiary/aromatic N) is 6. The van der Waals surface area contributed by atoms with Gasteiger partial charge in [0.25, 0.3) is 5.91 Å². The van der Waals surface area contributed by atoms with E-state index in [4.69, 9.17) is 0 Å². The summed E-state index contributed by atoms with van der Waals surface area (Å²) >= 11 is 0. The van der Waals surface area contributed by atoms with Crippen LogP contribution in [0.5, 0.6) is 0 Å². The van der Waals surface area contributed by atoms with Gasteiger partial charge < -0.3 is 5.32 Å². The van der Waals surface area contributed by atoms with Crippen molar-refractivity contribution in [3.8, 4) is 11.4 Å². The van der Waals surface area contributed by atoms with Crippen LogP contribution >= 0.6 is 0 Å². The van der Waals surface area contributed by atoms with Crippen LogP contribution in [0.4, 0.5) is 18.9 Å². The highest BCUT2D eigenvalue weighted by Gasteiger charge is 2.34. The Morgan fingerprint density at radius 2 is 1.76 bits per heavy atom. The largest absolute Gasteiger partial charge is 0.418 e. The van der Waals surface area contributed by atoms with Crippen LogP contribution in [-0.2, 0) is 6.18 Å². The Morgan fingerprint density at radius 1 is 1.00 bits per heavy atom. The number of hydrogen-bond donors (Lipinski definition) is 1. The molecule has 12 heteroatoms. The van der Waals surface area contributed by atoms with Crippen LogP contribution in [0, 0.1) is 13.8 Å². The molecule has 1 amide bonds. The van der Waals surface area contributed by atoms with Crippen molar-refractivity contribution in [3.05, 3.63) is 87.6 Å². The Labute approximate surface area is 184 Å². The molecule has 0 saturated carbocycles. The van der Waals surface area contributed by atoms with Crippen molar-refractivity contribution in [1.82, 2.24) is 30.0 Å². The normalized spacial score (nSPS) is 11.4. The number of nitrogens with one attached hydrogen (secondary N) is 1. The van der Waals surface area contributed by atoms with E-state index in [2.05, 4.69) is 25.9 Å². The van der Waals surface area contributed by atoms with Gasteiger partial charge in [-0.2, -0.15) is 23.0 Å². The zero-order chi connectivity index (χ0) is 23.8. The van der Waals surface area contributed by atoms with E-state index in [1.165, 1.54) is 29.8 Å². The molecule has 0 saturated heterocycles. The minimum Gasteiger partial charge on any atom is -0.320 e. The van der Waals surface area contributed by atoms with Crippen molar-refractivity contribution in [3.63, 3.8) is 0 Å². The van der Waals surface area contributed by atoms with E-state index in [-0.39, 0.29) is 11.4 Å². The third-order valence-electron chi connectivity index (χ3n) is 4.73. The second kappa shape index (κ2) is 8.30. The molecule has 4 aromatic rings. The number of alkyl halides is 3. The number of para-hydroxylation sites is 1. The summed E-state index contributed by atoms with van der Waals surface area (Å²) in [5.74, 6) is -0.353. The zero-order valence-electron chi connectivity index (χ0n) is 17.3. The van der Waals surface area contributed by atoms with Crippen molar-refractivity contribution in [2.75, 3.05) is 5.32 Å². The summed E-state index contributed by atoms with van der Waals surface area (Å²) in [5.41, 5.74) is -1.50. The molecule has 0 bridgehead atoms. The average Bonchev–Trinajstić information content (AvgIpc) is 3.19. The van der Waals surface area contributed by atoms with Crippen molar-refractivity contribution >= 4 is 11.6 Å². The standard InChI is InChI=1S/C21H16F3N7O2/c1-12-10-18(32)19(27-30(12)17-9-4-3-8-16(17)21(22,23)24)20(33)25-14-6-5-7-15(11-14)31-13(2)26-28-29-31/h3-11H,1-2H3,(H,25,33). The van der Waals surface area contributed by atoms with E-state index in [9.17, 15) is 22.8 Å². The lowest BCUT2D eigenvalue weighted by Crippen LogP contribution is -2.27. The molecule has 0 spiro atoms. The van der Waals surface area contributed by atoms with E-state index in [0.29, 0.717) is 17.2 Å². The highest BCUT2D eigenvalue weighted by molar-refractivity contribution is 6.02. The van der Waals surface area contributed by atoms with E-state index >= 15 is 0 Å². The molecule has 0 aliphatic rings. The molecule has 9 nitrogen and oxygen atoms in total. The number of aromatic nitrogens is 6. The fourth-order valence-electron chi connectivity index (χ4n) is 3.22. The number of aryl methyl sites for hydroxylation is 2. The number of carbonyl (C=O) groups excluding carboxylic acids is 1. The summed E-state index contributed by atoms with van der Waals surface area (Å²) in [4.78, 5) is 25.3. The van der Waals surface area contributed by atoms with Crippen LogP contribution in [0.2, 0.25) is 0 Å². The van der Waals surface area contributed by atoms with Crippen LogP contribution in [0.3, 0.4) is 0 Å². The zero-order valence-corrected chi connectivity index (χ0v) is 17.3. The van der Waals surface area contributed by atoms with Gasteiger partial charge in [0.05, 0.1) is 16.9 Å². The Bertz CT molecular complexity index is 1410. The molecule has 2 aromatic heterocycles. The van der Waals surface area contributed by atoms with E-state index in [1.54, 1.807) is 31.2 Å². The minimum absolute atomic E-state index is 0.143. The predicted octanol–water partition coefficient (Wildman–Crippen LogP) is 3.10. The quantitative estimate of drug-likeness (QED) is 0.507. The summed E-state index contributed by atoms with van der Waals surface area (Å²) < 4.78 is 42.8. The smallest absolute Gasteiger partial charge is 0.320 e. The van der Waals surface area contributed by atoms with Gasteiger partial charge in [-0.05, 0) is 54.6 Å². The minimum atomic E-state index is -4.65. The molecule has 2 aromatic carbocycles. The number of amides is 1. The van der Waals surface area contributed by atoms with Crippen molar-refractivity contribution in [1.29, 1.82) is 0 Å². The van der Waals surface area contributed by atoms with E-state index in [1.807, 2.05) is 0 Å². The summed E-state index contributed by atoms with van der Waals surface area (Å²) in [6.45, 7) is 3.13. The highest BCUT2D eigenvalue weighted by Crippen LogP contribution is 2.33. The fraction of sp³-hybridized carbons (Fsp3) is 0.143. The van der Waals surface area contributed by atoms with Gasteiger partial charge in [0.15, 0.2) is 11.5 Å². The Kier molecular flexibility index (Phi) is 5.50. The molecule has 0 fully saturated rings. The van der Waals surface area contributed by atoms with Crippen molar-refractivity contribution < 1.29 is 18.0 Å². The molecule has 0 radical (unpaired) electrons. The molecular weight excluding hydrogens is 439 g/mol. The number of carbonyl (C=O) groups is 1. The summed E-state index contributed by atoms with van der Waals surface area (Å²) in [7, 11) is 0. The predicted molar refractivity (Wildman–Crippen MR) is 111 cm³/mol. The monoisotopic (exact) mass is 455 g/mol. The lowest BCUT2D eigenvalue weighted by molar-refractivity contribution is -0.137. The molecule has 0 aliphatic heterocycles. The number of tetrazole rings is 1. The Hall–Kier alpha value is -4.35. The Balaban J connectivity index is 1.71. The van der Waals surface area contributed by atoms with Crippen LogP contribution in [-0.4, -0.2) is 35.9 Å². The molecule has 0 atom stereocenters. The van der Waals surface area contributed by atoms with Crippen LogP contribution in [0.15, 0.2) is 59.4 Å². The third-order valence-corrected chi connectivity index (χ3v) is 4.73. The molecule has 0 unspecified atom stereocenters. The first kappa shape index (κ1) is 21.9. The second-order valence-corrected chi connectivity index (χ2v) is 7.07. The van der Waals surface area contributed by atoms with Gasteiger partial charge in [0.2, 0.25) is 5.43 Å². The van der Waals surface area contributed by atoms with Gasteiger partial charge in [0, 0.05) is 17.4 Å². The number of benzene rings is 2. The number of halogens is 3. The molecule has 1 N–H and O–H groups in total. The maximum absolute atomic E-state index is 13.5. The number of anilines is 1. The molecule has 0 aliphatic carbocycles.